The van der Waals surface area contributed by atoms with E-state index in [1.807, 2.05) is 20.8 Å². The average molecular weight is 250 g/mol. The van der Waals surface area contributed by atoms with Crippen LogP contribution in [0.3, 0.4) is 0 Å². The fourth-order valence-electron chi connectivity index (χ4n) is 2.98. The molecule has 1 unspecified atom stereocenters. The highest BCUT2D eigenvalue weighted by atomic mass is 16.3. The van der Waals surface area contributed by atoms with Crippen LogP contribution in [0, 0.1) is 12.8 Å². The van der Waals surface area contributed by atoms with Crippen molar-refractivity contribution >= 4 is 0 Å². The molecule has 2 nitrogen and oxygen atoms in total. The van der Waals surface area contributed by atoms with Crippen molar-refractivity contribution in [2.24, 2.45) is 5.92 Å². The van der Waals surface area contributed by atoms with Crippen LogP contribution in [0.15, 0.2) is 10.5 Å². The Morgan fingerprint density at radius 3 is 2.50 bits per heavy atom. The van der Waals surface area contributed by atoms with Crippen molar-refractivity contribution in [1.82, 2.24) is 0 Å². The summed E-state index contributed by atoms with van der Waals surface area (Å²) in [7, 11) is 0. The Bertz CT molecular complexity index is 395. The standard InChI is InChI=1S/C16H26O2/c1-5-16(4,17)14-10-15(18-12(14)3)13-8-6-11(2)7-9-13/h10-11,13,17H,5-9H2,1-4H3. The SMILES string of the molecule is CCC(C)(O)c1cc(C2CCC(C)CC2)oc1C. The molecule has 1 aromatic heterocycles. The first-order valence-electron chi connectivity index (χ1n) is 7.27. The highest BCUT2D eigenvalue weighted by molar-refractivity contribution is 5.28. The smallest absolute Gasteiger partial charge is 0.107 e. The molecule has 1 aliphatic rings. The molecule has 18 heavy (non-hydrogen) atoms. The zero-order valence-corrected chi connectivity index (χ0v) is 12.1. The van der Waals surface area contributed by atoms with Crippen LogP contribution >= 0.6 is 0 Å². The summed E-state index contributed by atoms with van der Waals surface area (Å²) in [6, 6.07) is 2.10. The van der Waals surface area contributed by atoms with Gasteiger partial charge in [-0.3, -0.25) is 0 Å². The van der Waals surface area contributed by atoms with Gasteiger partial charge in [-0.1, -0.05) is 26.7 Å². The maximum absolute atomic E-state index is 10.4. The number of hydrogen-bond donors (Lipinski definition) is 1. The summed E-state index contributed by atoms with van der Waals surface area (Å²) in [5.41, 5.74) is 0.215. The van der Waals surface area contributed by atoms with Crippen LogP contribution in [-0.4, -0.2) is 5.11 Å². The topological polar surface area (TPSA) is 33.4 Å². The first-order valence-corrected chi connectivity index (χ1v) is 7.27. The second kappa shape index (κ2) is 5.08. The molecule has 0 radical (unpaired) electrons. The number of aryl methyl sites for hydroxylation is 1. The maximum atomic E-state index is 10.4. The van der Waals surface area contributed by atoms with E-state index in [9.17, 15) is 5.11 Å². The molecule has 0 amide bonds. The molecular formula is C16H26O2. The minimum atomic E-state index is -0.756. The predicted octanol–water partition coefficient (Wildman–Crippen LogP) is 4.50. The van der Waals surface area contributed by atoms with Gasteiger partial charge in [0.1, 0.15) is 11.5 Å². The quantitative estimate of drug-likeness (QED) is 0.857. The molecule has 0 bridgehead atoms. The van der Waals surface area contributed by atoms with Gasteiger partial charge in [0, 0.05) is 11.5 Å². The van der Waals surface area contributed by atoms with E-state index in [1.165, 1.54) is 25.7 Å². The normalized spacial score (nSPS) is 28.1. The summed E-state index contributed by atoms with van der Waals surface area (Å²) in [5, 5.41) is 10.4. The zero-order chi connectivity index (χ0) is 13.3. The fourth-order valence-corrected chi connectivity index (χ4v) is 2.98. The van der Waals surface area contributed by atoms with E-state index < -0.39 is 5.60 Å². The van der Waals surface area contributed by atoms with Crippen molar-refractivity contribution in [2.75, 3.05) is 0 Å². The van der Waals surface area contributed by atoms with Gasteiger partial charge in [0.05, 0.1) is 5.60 Å². The van der Waals surface area contributed by atoms with Crippen molar-refractivity contribution in [2.45, 2.75) is 71.3 Å². The number of aliphatic hydroxyl groups is 1. The van der Waals surface area contributed by atoms with E-state index in [2.05, 4.69) is 13.0 Å². The third-order valence-electron chi connectivity index (χ3n) is 4.62. The predicted molar refractivity (Wildman–Crippen MR) is 73.7 cm³/mol. The third kappa shape index (κ3) is 2.64. The summed E-state index contributed by atoms with van der Waals surface area (Å²) in [6.45, 7) is 8.18. The second-order valence-corrected chi connectivity index (χ2v) is 6.20. The Balaban J connectivity index is 2.19. The Kier molecular flexibility index (Phi) is 3.86. The van der Waals surface area contributed by atoms with Crippen LogP contribution in [0.25, 0.3) is 0 Å². The zero-order valence-electron chi connectivity index (χ0n) is 12.1. The molecule has 1 atom stereocenters. The molecule has 0 aliphatic heterocycles. The van der Waals surface area contributed by atoms with Gasteiger partial charge in [0.25, 0.3) is 0 Å². The van der Waals surface area contributed by atoms with Crippen molar-refractivity contribution in [3.63, 3.8) is 0 Å². The number of rotatable bonds is 3. The first-order chi connectivity index (χ1) is 8.44. The van der Waals surface area contributed by atoms with Crippen LogP contribution in [0.1, 0.15) is 75.9 Å². The lowest BCUT2D eigenvalue weighted by atomic mass is 9.81. The monoisotopic (exact) mass is 250 g/mol. The molecule has 102 valence electrons. The highest BCUT2D eigenvalue weighted by Gasteiger charge is 2.29. The van der Waals surface area contributed by atoms with Gasteiger partial charge in [-0.05, 0) is 45.1 Å². The second-order valence-electron chi connectivity index (χ2n) is 6.20. The molecule has 0 spiro atoms. The maximum Gasteiger partial charge on any atom is 0.107 e. The molecule has 2 heteroatoms. The van der Waals surface area contributed by atoms with E-state index in [1.54, 1.807) is 0 Å². The Morgan fingerprint density at radius 2 is 1.94 bits per heavy atom. The highest BCUT2D eigenvalue weighted by Crippen LogP contribution is 2.39. The summed E-state index contributed by atoms with van der Waals surface area (Å²) in [6.07, 6.45) is 5.76. The molecule has 1 saturated carbocycles. The van der Waals surface area contributed by atoms with E-state index >= 15 is 0 Å². The van der Waals surface area contributed by atoms with Crippen LogP contribution in [0.5, 0.6) is 0 Å². The van der Waals surface area contributed by atoms with E-state index in [-0.39, 0.29) is 0 Å². The van der Waals surface area contributed by atoms with E-state index in [0.29, 0.717) is 12.3 Å². The van der Waals surface area contributed by atoms with Gasteiger partial charge in [-0.2, -0.15) is 0 Å². The van der Waals surface area contributed by atoms with Gasteiger partial charge >= 0.3 is 0 Å². The van der Waals surface area contributed by atoms with Gasteiger partial charge in [-0.15, -0.1) is 0 Å². The lowest BCUT2D eigenvalue weighted by Crippen LogP contribution is -2.19. The third-order valence-corrected chi connectivity index (χ3v) is 4.62. The van der Waals surface area contributed by atoms with Gasteiger partial charge in [0.15, 0.2) is 0 Å². The minimum absolute atomic E-state index is 0.557. The first kappa shape index (κ1) is 13.7. The lowest BCUT2D eigenvalue weighted by molar-refractivity contribution is 0.0516. The average Bonchev–Trinajstić information content (AvgIpc) is 2.73. The molecule has 1 N–H and O–H groups in total. The molecular weight excluding hydrogens is 224 g/mol. The lowest BCUT2D eigenvalue weighted by Gasteiger charge is -2.24. The molecule has 1 aliphatic carbocycles. The minimum Gasteiger partial charge on any atom is -0.466 e. The van der Waals surface area contributed by atoms with Crippen LogP contribution < -0.4 is 0 Å². The summed E-state index contributed by atoms with van der Waals surface area (Å²) < 4.78 is 5.92. The summed E-state index contributed by atoms with van der Waals surface area (Å²) in [5.74, 6) is 3.38. The van der Waals surface area contributed by atoms with Gasteiger partial charge in [0.2, 0.25) is 0 Å². The molecule has 0 saturated heterocycles. The Hall–Kier alpha value is -0.760. The van der Waals surface area contributed by atoms with Crippen LogP contribution in [0.2, 0.25) is 0 Å². The summed E-state index contributed by atoms with van der Waals surface area (Å²) in [4.78, 5) is 0. The van der Waals surface area contributed by atoms with Gasteiger partial charge in [-0.25, -0.2) is 0 Å². The molecule has 1 aromatic rings. The molecule has 1 heterocycles. The van der Waals surface area contributed by atoms with Crippen LogP contribution in [0.4, 0.5) is 0 Å². The van der Waals surface area contributed by atoms with Crippen molar-refractivity contribution in [3.05, 3.63) is 23.2 Å². The largest absolute Gasteiger partial charge is 0.466 e. The van der Waals surface area contributed by atoms with Crippen molar-refractivity contribution in [1.29, 1.82) is 0 Å². The van der Waals surface area contributed by atoms with Crippen LogP contribution in [-0.2, 0) is 5.60 Å². The van der Waals surface area contributed by atoms with Gasteiger partial charge < -0.3 is 9.52 Å². The molecule has 2 rings (SSSR count). The summed E-state index contributed by atoms with van der Waals surface area (Å²) >= 11 is 0. The van der Waals surface area contributed by atoms with E-state index in [4.69, 9.17) is 4.42 Å². The fraction of sp³-hybridized carbons (Fsp3) is 0.750. The van der Waals surface area contributed by atoms with E-state index in [0.717, 1.165) is 23.0 Å². The number of hydrogen-bond acceptors (Lipinski definition) is 2. The molecule has 0 aromatic carbocycles. The van der Waals surface area contributed by atoms with Crippen molar-refractivity contribution in [3.8, 4) is 0 Å². The Labute approximate surface area is 110 Å². The number of furan rings is 1. The Morgan fingerprint density at radius 1 is 1.33 bits per heavy atom. The molecule has 1 fully saturated rings. The van der Waals surface area contributed by atoms with Crippen molar-refractivity contribution < 1.29 is 9.52 Å².